The fourth-order valence-electron chi connectivity index (χ4n) is 5.12. The summed E-state index contributed by atoms with van der Waals surface area (Å²) in [6.07, 6.45) is 8.53. The number of aryl methyl sites for hydroxylation is 2. The summed E-state index contributed by atoms with van der Waals surface area (Å²) in [6, 6.07) is 24.3. The number of hydrogen-bond donors (Lipinski definition) is 0. The predicted molar refractivity (Wildman–Crippen MR) is 169 cm³/mol. The van der Waals surface area contributed by atoms with Crippen molar-refractivity contribution in [3.05, 3.63) is 101 Å². The third kappa shape index (κ3) is 9.92. The van der Waals surface area contributed by atoms with Gasteiger partial charge in [-0.15, -0.1) is 11.8 Å². The van der Waals surface area contributed by atoms with Crippen LogP contribution in [0.1, 0.15) is 76.4 Å². The number of benzene rings is 3. The third-order valence-electron chi connectivity index (χ3n) is 7.45. The molecular weight excluding hydrogens is 548 g/mol. The van der Waals surface area contributed by atoms with Crippen molar-refractivity contribution in [1.82, 2.24) is 0 Å². The fourth-order valence-corrected chi connectivity index (χ4v) is 6.53. The number of unbranched alkanes of at least 4 members (excludes halogenated alkanes) is 5. The van der Waals surface area contributed by atoms with Crippen molar-refractivity contribution in [1.29, 1.82) is 0 Å². The summed E-state index contributed by atoms with van der Waals surface area (Å²) in [5.41, 5.74) is 5.04. The van der Waals surface area contributed by atoms with Crippen LogP contribution in [0, 0.1) is 0 Å². The molecule has 0 radical (unpaired) electrons. The highest BCUT2D eigenvalue weighted by molar-refractivity contribution is 7.98. The smallest absolute Gasteiger partial charge is 0.337 e. The molecule has 0 bridgehead atoms. The largest absolute Gasteiger partial charge is 0.496 e. The van der Waals surface area contributed by atoms with Crippen molar-refractivity contribution in [3.63, 3.8) is 0 Å². The number of esters is 2. The molecule has 2 unspecified atom stereocenters. The Bertz CT molecular complexity index is 1250. The molecule has 3 rings (SSSR count). The van der Waals surface area contributed by atoms with E-state index in [1.807, 2.05) is 12.1 Å². The molecule has 226 valence electrons. The summed E-state index contributed by atoms with van der Waals surface area (Å²) < 4.78 is 21.2. The average molecular weight is 593 g/mol. The molecule has 0 heterocycles. The monoisotopic (exact) mass is 592 g/mol. The molecule has 0 amide bonds. The summed E-state index contributed by atoms with van der Waals surface area (Å²) in [5, 5.41) is -0.290. The maximum atomic E-state index is 12.8. The van der Waals surface area contributed by atoms with Gasteiger partial charge >= 0.3 is 11.9 Å². The van der Waals surface area contributed by atoms with Crippen molar-refractivity contribution in [2.24, 2.45) is 0 Å². The van der Waals surface area contributed by atoms with Crippen molar-refractivity contribution in [3.8, 4) is 5.75 Å². The van der Waals surface area contributed by atoms with Crippen LogP contribution >= 0.6 is 11.8 Å². The van der Waals surface area contributed by atoms with Crippen LogP contribution in [0.3, 0.4) is 0 Å². The number of ether oxygens (including phenoxy) is 4. The van der Waals surface area contributed by atoms with Crippen LogP contribution in [0.5, 0.6) is 5.75 Å². The van der Waals surface area contributed by atoms with E-state index in [2.05, 4.69) is 48.5 Å². The Kier molecular flexibility index (Phi) is 14.5. The van der Waals surface area contributed by atoms with Crippen LogP contribution in [-0.4, -0.2) is 46.5 Å². The first kappa shape index (κ1) is 33.2. The van der Waals surface area contributed by atoms with E-state index in [1.165, 1.54) is 57.5 Å². The van der Waals surface area contributed by atoms with Gasteiger partial charge in [0.25, 0.3) is 0 Å². The highest BCUT2D eigenvalue weighted by Gasteiger charge is 2.32. The van der Waals surface area contributed by atoms with E-state index in [0.717, 1.165) is 30.4 Å². The Balaban J connectivity index is 1.64. The van der Waals surface area contributed by atoms with Gasteiger partial charge in [0, 0.05) is 18.4 Å². The second-order valence-electron chi connectivity index (χ2n) is 10.2. The Morgan fingerprint density at radius 2 is 1.38 bits per heavy atom. The predicted octanol–water partition coefficient (Wildman–Crippen LogP) is 7.77. The molecule has 0 aliphatic rings. The highest BCUT2D eigenvalue weighted by atomic mass is 32.2. The van der Waals surface area contributed by atoms with Gasteiger partial charge in [0.1, 0.15) is 5.75 Å². The molecule has 42 heavy (non-hydrogen) atoms. The second-order valence-corrected chi connectivity index (χ2v) is 11.4. The molecule has 0 aliphatic heterocycles. The van der Waals surface area contributed by atoms with Crippen LogP contribution in [0.15, 0.2) is 72.8 Å². The van der Waals surface area contributed by atoms with Gasteiger partial charge in [0.15, 0.2) is 6.10 Å². The lowest BCUT2D eigenvalue weighted by Gasteiger charge is -2.26. The summed E-state index contributed by atoms with van der Waals surface area (Å²) >= 11 is 1.60. The van der Waals surface area contributed by atoms with Crippen LogP contribution in [0.4, 0.5) is 0 Å². The lowest BCUT2D eigenvalue weighted by atomic mass is 9.96. The van der Waals surface area contributed by atoms with Crippen molar-refractivity contribution in [2.45, 2.75) is 68.5 Å². The molecule has 0 saturated carbocycles. The molecule has 3 aromatic rings. The minimum Gasteiger partial charge on any atom is -0.496 e. The zero-order valence-electron chi connectivity index (χ0n) is 25.3. The lowest BCUT2D eigenvalue weighted by molar-refractivity contribution is -0.152. The van der Waals surface area contributed by atoms with Gasteiger partial charge in [0.05, 0.1) is 32.1 Å². The fraction of sp³-hybridized carbons (Fsp3) is 0.429. The molecule has 3 aromatic carbocycles. The Morgan fingerprint density at radius 1 is 0.714 bits per heavy atom. The van der Waals surface area contributed by atoms with Crippen LogP contribution in [-0.2, 0) is 37.6 Å². The van der Waals surface area contributed by atoms with E-state index in [0.29, 0.717) is 17.1 Å². The molecule has 2 atom stereocenters. The quantitative estimate of drug-likeness (QED) is 0.110. The minimum absolute atomic E-state index is 0.290. The maximum absolute atomic E-state index is 12.8. The van der Waals surface area contributed by atoms with E-state index in [4.69, 9.17) is 18.9 Å². The molecule has 0 spiro atoms. The van der Waals surface area contributed by atoms with E-state index in [-0.39, 0.29) is 5.25 Å². The third-order valence-corrected chi connectivity index (χ3v) is 8.79. The molecule has 0 saturated heterocycles. The van der Waals surface area contributed by atoms with Gasteiger partial charge in [-0.05, 0) is 54.5 Å². The topological polar surface area (TPSA) is 71.1 Å². The lowest BCUT2D eigenvalue weighted by Crippen LogP contribution is -2.30. The number of methoxy groups -OCH3 is 4. The first-order valence-electron chi connectivity index (χ1n) is 14.6. The van der Waals surface area contributed by atoms with Gasteiger partial charge in [-0.3, -0.25) is 0 Å². The summed E-state index contributed by atoms with van der Waals surface area (Å²) in [7, 11) is 5.86. The highest BCUT2D eigenvalue weighted by Crippen LogP contribution is 2.40. The van der Waals surface area contributed by atoms with Gasteiger partial charge < -0.3 is 18.9 Å². The summed E-state index contributed by atoms with van der Waals surface area (Å²) in [6.45, 7) is 0. The number of hydrogen-bond acceptors (Lipinski definition) is 7. The standard InChI is InChI=1S/C35H44O6S/c1-38-31-24-28(34(36)40-3)22-23-29(31)25-42-33(32(39-2)35(37)41-4)30-21-15-14-20-27(30)19-13-8-6-5-7-10-16-26-17-11-9-12-18-26/h9,11-12,14-15,17-18,20-24,32-33H,5-8,10,13,16,19,25H2,1-4H3. The molecule has 6 nitrogen and oxygen atoms in total. The summed E-state index contributed by atoms with van der Waals surface area (Å²) in [5.74, 6) is 0.307. The van der Waals surface area contributed by atoms with Gasteiger partial charge in [0.2, 0.25) is 0 Å². The van der Waals surface area contributed by atoms with Crippen molar-refractivity contribution in [2.75, 3.05) is 28.4 Å². The Hall–Kier alpha value is -3.29. The minimum atomic E-state index is -0.772. The normalized spacial score (nSPS) is 12.4. The van der Waals surface area contributed by atoms with Gasteiger partial charge in [-0.1, -0.05) is 86.3 Å². The first-order chi connectivity index (χ1) is 20.5. The Labute approximate surface area is 255 Å². The zero-order chi connectivity index (χ0) is 30.2. The molecular formula is C35H44O6S. The molecule has 0 fully saturated rings. The maximum Gasteiger partial charge on any atom is 0.337 e. The number of carbonyl (C=O) groups is 2. The molecule has 0 N–H and O–H groups in total. The average Bonchev–Trinajstić information content (AvgIpc) is 3.04. The SMILES string of the molecule is COC(=O)c1ccc(CSC(c2ccccc2CCCCCCCCc2ccccc2)C(OC)C(=O)OC)c(OC)c1. The van der Waals surface area contributed by atoms with Gasteiger partial charge in [-0.25, -0.2) is 9.59 Å². The Morgan fingerprint density at radius 3 is 2.05 bits per heavy atom. The van der Waals surface area contributed by atoms with E-state index < -0.39 is 18.0 Å². The van der Waals surface area contributed by atoms with Crippen LogP contribution in [0.25, 0.3) is 0 Å². The molecule has 7 heteroatoms. The van der Waals surface area contributed by atoms with E-state index >= 15 is 0 Å². The van der Waals surface area contributed by atoms with Crippen LogP contribution in [0.2, 0.25) is 0 Å². The summed E-state index contributed by atoms with van der Waals surface area (Å²) in [4.78, 5) is 24.8. The van der Waals surface area contributed by atoms with Crippen LogP contribution < -0.4 is 4.74 Å². The second kappa shape index (κ2) is 18.3. The van der Waals surface area contributed by atoms with E-state index in [9.17, 15) is 9.59 Å². The number of carbonyl (C=O) groups excluding carboxylic acids is 2. The van der Waals surface area contributed by atoms with E-state index in [1.54, 1.807) is 38.1 Å². The molecule has 0 aliphatic carbocycles. The number of rotatable bonds is 18. The first-order valence-corrected chi connectivity index (χ1v) is 15.7. The molecule has 0 aromatic heterocycles. The van der Waals surface area contributed by atoms with Gasteiger partial charge in [-0.2, -0.15) is 0 Å². The van der Waals surface area contributed by atoms with Crippen molar-refractivity contribution < 1.29 is 28.5 Å². The number of thioether (sulfide) groups is 1. The van der Waals surface area contributed by atoms with Crippen molar-refractivity contribution >= 4 is 23.7 Å². The zero-order valence-corrected chi connectivity index (χ0v) is 26.1.